The Morgan fingerprint density at radius 1 is 1.50 bits per heavy atom. The van der Waals surface area contributed by atoms with Gasteiger partial charge in [-0.1, -0.05) is 18.2 Å². The molecule has 0 radical (unpaired) electrons. The van der Waals surface area contributed by atoms with Crippen molar-refractivity contribution in [2.24, 2.45) is 0 Å². The van der Waals surface area contributed by atoms with Gasteiger partial charge in [-0.25, -0.2) is 4.79 Å². The Bertz CT molecular complexity index is 431. The summed E-state index contributed by atoms with van der Waals surface area (Å²) in [4.78, 5) is 14.8. The molecule has 1 unspecified atom stereocenters. The molecular weight excluding hydrogens is 204 g/mol. The Kier molecular flexibility index (Phi) is 2.56. The summed E-state index contributed by atoms with van der Waals surface area (Å²) in [5, 5.41) is 9.24. The molecular formula is C12H14N2O2. The fourth-order valence-electron chi connectivity index (χ4n) is 2.11. The summed E-state index contributed by atoms with van der Waals surface area (Å²) in [5.41, 5.74) is 1.88. The molecule has 0 aromatic heterocycles. The average Bonchev–Trinajstić information content (AvgIpc) is 2.54. The lowest BCUT2D eigenvalue weighted by Gasteiger charge is -2.26. The monoisotopic (exact) mass is 218 g/mol. The number of aliphatic carboxylic acids is 1. The maximum atomic E-state index is 11.2. The quantitative estimate of drug-likeness (QED) is 0.781. The predicted octanol–water partition coefficient (Wildman–Crippen LogP) is 1.54. The highest BCUT2D eigenvalue weighted by Crippen LogP contribution is 2.38. The van der Waals surface area contributed by atoms with E-state index in [9.17, 15) is 9.90 Å². The lowest BCUT2D eigenvalue weighted by molar-refractivity contribution is -0.138. The van der Waals surface area contributed by atoms with Gasteiger partial charge in [-0.05, 0) is 12.1 Å². The Hall–Kier alpha value is -1.97. The molecule has 84 valence electrons. The normalized spacial score (nSPS) is 18.4. The molecule has 1 aliphatic heterocycles. The molecule has 0 bridgehead atoms. The number of rotatable bonds is 3. The van der Waals surface area contributed by atoms with E-state index in [1.165, 1.54) is 0 Å². The number of hydrogen-bond acceptors (Lipinski definition) is 3. The second-order valence-corrected chi connectivity index (χ2v) is 3.75. The number of para-hydroxylation sites is 2. The van der Waals surface area contributed by atoms with E-state index in [1.807, 2.05) is 29.2 Å². The lowest BCUT2D eigenvalue weighted by atomic mass is 10.2. The van der Waals surface area contributed by atoms with E-state index in [0.717, 1.165) is 11.4 Å². The lowest BCUT2D eigenvalue weighted by Crippen LogP contribution is -2.47. The summed E-state index contributed by atoms with van der Waals surface area (Å²) in [5.74, 6) is -0.847. The topological polar surface area (TPSA) is 43.8 Å². The molecule has 1 aliphatic rings. The fourth-order valence-corrected chi connectivity index (χ4v) is 2.11. The number of benzene rings is 1. The average molecular weight is 218 g/mol. The third kappa shape index (κ3) is 1.43. The van der Waals surface area contributed by atoms with Crippen LogP contribution in [-0.2, 0) is 4.79 Å². The van der Waals surface area contributed by atoms with Crippen molar-refractivity contribution in [3.8, 4) is 0 Å². The van der Waals surface area contributed by atoms with Gasteiger partial charge in [0, 0.05) is 13.6 Å². The number of nitrogens with zero attached hydrogens (tertiary/aromatic N) is 2. The molecule has 2 rings (SSSR count). The summed E-state index contributed by atoms with van der Waals surface area (Å²) < 4.78 is 0. The van der Waals surface area contributed by atoms with Gasteiger partial charge in [0.1, 0.15) is 0 Å². The number of hydrogen-bond donors (Lipinski definition) is 1. The van der Waals surface area contributed by atoms with Gasteiger partial charge in [-0.3, -0.25) is 0 Å². The van der Waals surface area contributed by atoms with Crippen molar-refractivity contribution in [3.05, 3.63) is 36.9 Å². The van der Waals surface area contributed by atoms with Crippen LogP contribution in [0.15, 0.2) is 36.9 Å². The van der Waals surface area contributed by atoms with Crippen LogP contribution in [0.5, 0.6) is 0 Å². The van der Waals surface area contributed by atoms with E-state index in [1.54, 1.807) is 18.0 Å². The van der Waals surface area contributed by atoms with Gasteiger partial charge >= 0.3 is 5.97 Å². The maximum absolute atomic E-state index is 11.2. The molecule has 1 aromatic carbocycles. The van der Waals surface area contributed by atoms with Crippen LogP contribution in [0, 0.1) is 0 Å². The smallest absolute Gasteiger partial charge is 0.347 e. The van der Waals surface area contributed by atoms with Crippen molar-refractivity contribution in [2.75, 3.05) is 23.4 Å². The fraction of sp³-hybridized carbons (Fsp3) is 0.250. The number of likely N-dealkylation sites (N-methyl/N-ethyl adjacent to an activating group) is 1. The second-order valence-electron chi connectivity index (χ2n) is 3.75. The van der Waals surface area contributed by atoms with Crippen molar-refractivity contribution in [1.82, 2.24) is 0 Å². The van der Waals surface area contributed by atoms with Crippen molar-refractivity contribution in [1.29, 1.82) is 0 Å². The molecule has 0 saturated carbocycles. The first-order valence-electron chi connectivity index (χ1n) is 5.09. The molecule has 1 N–H and O–H groups in total. The van der Waals surface area contributed by atoms with E-state index in [2.05, 4.69) is 6.58 Å². The van der Waals surface area contributed by atoms with Crippen LogP contribution in [0.2, 0.25) is 0 Å². The predicted molar refractivity (Wildman–Crippen MR) is 63.8 cm³/mol. The van der Waals surface area contributed by atoms with Crippen LogP contribution in [0.3, 0.4) is 0 Å². The van der Waals surface area contributed by atoms with Crippen LogP contribution in [-0.4, -0.2) is 30.8 Å². The minimum Gasteiger partial charge on any atom is -0.478 e. The zero-order valence-corrected chi connectivity index (χ0v) is 9.13. The van der Waals surface area contributed by atoms with Crippen molar-refractivity contribution in [3.63, 3.8) is 0 Å². The highest BCUT2D eigenvalue weighted by molar-refractivity contribution is 5.90. The van der Waals surface area contributed by atoms with Crippen molar-refractivity contribution >= 4 is 17.3 Å². The molecule has 4 heteroatoms. The van der Waals surface area contributed by atoms with Crippen LogP contribution in [0.25, 0.3) is 0 Å². The first-order valence-corrected chi connectivity index (χ1v) is 5.09. The molecule has 1 aromatic rings. The molecule has 1 atom stereocenters. The Morgan fingerprint density at radius 3 is 2.69 bits per heavy atom. The van der Waals surface area contributed by atoms with Gasteiger partial charge in [0.2, 0.25) is 6.17 Å². The van der Waals surface area contributed by atoms with E-state index >= 15 is 0 Å². The molecule has 0 fully saturated rings. The number of fused-ring (bicyclic) bond motifs is 1. The molecule has 0 saturated heterocycles. The van der Waals surface area contributed by atoms with Gasteiger partial charge in [-0.15, -0.1) is 6.58 Å². The highest BCUT2D eigenvalue weighted by atomic mass is 16.4. The molecule has 0 spiro atoms. The van der Waals surface area contributed by atoms with E-state index < -0.39 is 12.1 Å². The number of anilines is 2. The van der Waals surface area contributed by atoms with Gasteiger partial charge in [0.05, 0.1) is 11.4 Å². The molecule has 1 heterocycles. The summed E-state index contributed by atoms with van der Waals surface area (Å²) in [7, 11) is 1.79. The molecule has 16 heavy (non-hydrogen) atoms. The summed E-state index contributed by atoms with van der Waals surface area (Å²) in [6.45, 7) is 4.19. The molecule has 0 amide bonds. The van der Waals surface area contributed by atoms with E-state index in [4.69, 9.17) is 0 Å². The summed E-state index contributed by atoms with van der Waals surface area (Å²) in [6.07, 6.45) is 1.07. The largest absolute Gasteiger partial charge is 0.478 e. The Morgan fingerprint density at radius 2 is 2.12 bits per heavy atom. The highest BCUT2D eigenvalue weighted by Gasteiger charge is 2.37. The van der Waals surface area contributed by atoms with Gasteiger partial charge in [-0.2, -0.15) is 0 Å². The standard InChI is InChI=1S/C12H14N2O2/c1-3-8-14-10-7-5-4-6-9(10)13(2)11(14)12(15)16/h3-7,11H,1,8H2,2H3,(H,15,16). The SMILES string of the molecule is C=CCN1c2ccccc2N(C)C1C(=O)O. The zero-order valence-electron chi connectivity index (χ0n) is 9.13. The van der Waals surface area contributed by atoms with Crippen molar-refractivity contribution in [2.45, 2.75) is 6.17 Å². The van der Waals surface area contributed by atoms with Gasteiger partial charge in [0.25, 0.3) is 0 Å². The Labute approximate surface area is 94.4 Å². The third-order valence-corrected chi connectivity index (χ3v) is 2.78. The first kappa shape index (κ1) is 10.5. The van der Waals surface area contributed by atoms with Crippen LogP contribution < -0.4 is 9.80 Å². The number of carboxylic acid groups (broad SMARTS) is 1. The summed E-state index contributed by atoms with van der Waals surface area (Å²) in [6, 6.07) is 7.67. The van der Waals surface area contributed by atoms with Gasteiger partial charge < -0.3 is 14.9 Å². The number of carbonyl (C=O) groups is 1. The van der Waals surface area contributed by atoms with Crippen molar-refractivity contribution < 1.29 is 9.90 Å². The third-order valence-electron chi connectivity index (χ3n) is 2.78. The number of carboxylic acids is 1. The molecule has 4 nitrogen and oxygen atoms in total. The van der Waals surface area contributed by atoms with Crippen LogP contribution in [0.4, 0.5) is 11.4 Å². The van der Waals surface area contributed by atoms with E-state index in [-0.39, 0.29) is 0 Å². The van der Waals surface area contributed by atoms with Gasteiger partial charge in [0.15, 0.2) is 0 Å². The maximum Gasteiger partial charge on any atom is 0.347 e. The molecule has 0 aliphatic carbocycles. The van der Waals surface area contributed by atoms with Crippen LogP contribution >= 0.6 is 0 Å². The minimum atomic E-state index is -0.847. The minimum absolute atomic E-state index is 0.526. The Balaban J connectivity index is 2.46. The van der Waals surface area contributed by atoms with Crippen LogP contribution in [0.1, 0.15) is 0 Å². The zero-order chi connectivity index (χ0) is 11.7. The first-order chi connectivity index (χ1) is 7.66. The summed E-state index contributed by atoms with van der Waals surface area (Å²) >= 11 is 0. The second kappa shape index (κ2) is 3.89. The van der Waals surface area contributed by atoms with E-state index in [0.29, 0.717) is 6.54 Å².